The Labute approximate surface area is 114 Å². The van der Waals surface area contributed by atoms with Crippen molar-refractivity contribution in [2.75, 3.05) is 37.3 Å². The van der Waals surface area contributed by atoms with E-state index >= 15 is 0 Å². The van der Waals surface area contributed by atoms with Crippen LogP contribution < -0.4 is 10.6 Å². The minimum Gasteiger partial charge on any atom is -0.381 e. The molecule has 1 unspecified atom stereocenters. The Kier molecular flexibility index (Phi) is 4.79. The van der Waals surface area contributed by atoms with Crippen molar-refractivity contribution in [1.82, 2.24) is 5.32 Å². The molecule has 0 amide bonds. The minimum absolute atomic E-state index is 0.0751. The molecule has 6 heteroatoms. The van der Waals surface area contributed by atoms with Crippen LogP contribution in [-0.4, -0.2) is 46.5 Å². The summed E-state index contributed by atoms with van der Waals surface area (Å²) in [5.74, 6) is 0.104. The normalized spacial score (nSPS) is 20.2. The highest BCUT2D eigenvalue weighted by Gasteiger charge is 2.18. The third-order valence-corrected chi connectivity index (χ3v) is 4.91. The molecule has 0 bridgehead atoms. The molecule has 1 aromatic carbocycles. The first-order valence-electron chi connectivity index (χ1n) is 6.51. The van der Waals surface area contributed by atoms with Crippen molar-refractivity contribution in [3.63, 3.8) is 0 Å². The lowest BCUT2D eigenvalue weighted by Gasteiger charge is -2.24. The molecule has 19 heavy (non-hydrogen) atoms. The lowest BCUT2D eigenvalue weighted by Crippen LogP contribution is -2.42. The number of morpholine rings is 1. The Morgan fingerprint density at radius 2 is 2.21 bits per heavy atom. The van der Waals surface area contributed by atoms with Gasteiger partial charge in [0, 0.05) is 19.6 Å². The highest BCUT2D eigenvalue weighted by Crippen LogP contribution is 2.22. The van der Waals surface area contributed by atoms with Crippen molar-refractivity contribution in [3.05, 3.63) is 24.3 Å². The molecule has 1 fully saturated rings. The van der Waals surface area contributed by atoms with Crippen LogP contribution in [0.2, 0.25) is 0 Å². The summed E-state index contributed by atoms with van der Waals surface area (Å²) in [6, 6.07) is 7.00. The van der Waals surface area contributed by atoms with E-state index in [2.05, 4.69) is 10.6 Å². The number of hydrogen-bond acceptors (Lipinski definition) is 5. The molecule has 1 atom stereocenters. The lowest BCUT2D eigenvalue weighted by atomic mass is 10.2. The van der Waals surface area contributed by atoms with Gasteiger partial charge in [0.2, 0.25) is 0 Å². The van der Waals surface area contributed by atoms with Crippen molar-refractivity contribution >= 4 is 15.5 Å². The first-order chi connectivity index (χ1) is 9.13. The molecule has 1 heterocycles. The second kappa shape index (κ2) is 6.36. The summed E-state index contributed by atoms with van der Waals surface area (Å²) in [4.78, 5) is 0.362. The highest BCUT2D eigenvalue weighted by molar-refractivity contribution is 7.91. The first kappa shape index (κ1) is 14.3. The fraction of sp³-hybridized carbons (Fsp3) is 0.538. The van der Waals surface area contributed by atoms with Crippen LogP contribution in [0.1, 0.15) is 6.92 Å². The topological polar surface area (TPSA) is 67.4 Å². The van der Waals surface area contributed by atoms with Gasteiger partial charge in [-0.15, -0.1) is 0 Å². The largest absolute Gasteiger partial charge is 0.381 e. The smallest absolute Gasteiger partial charge is 0.180 e. The van der Waals surface area contributed by atoms with Gasteiger partial charge < -0.3 is 15.4 Å². The number of para-hydroxylation sites is 1. The third kappa shape index (κ3) is 3.68. The summed E-state index contributed by atoms with van der Waals surface area (Å²) < 4.78 is 29.6. The zero-order chi connectivity index (χ0) is 13.7. The second-order valence-corrected chi connectivity index (χ2v) is 6.72. The zero-order valence-electron chi connectivity index (χ0n) is 11.1. The SMILES string of the molecule is CCS(=O)(=O)c1ccccc1NCC1CNCCO1. The Morgan fingerprint density at radius 3 is 2.89 bits per heavy atom. The van der Waals surface area contributed by atoms with Crippen molar-refractivity contribution < 1.29 is 13.2 Å². The monoisotopic (exact) mass is 284 g/mol. The number of benzene rings is 1. The fourth-order valence-electron chi connectivity index (χ4n) is 2.01. The van der Waals surface area contributed by atoms with Gasteiger partial charge in [-0.1, -0.05) is 19.1 Å². The van der Waals surface area contributed by atoms with Crippen molar-refractivity contribution in [3.8, 4) is 0 Å². The maximum Gasteiger partial charge on any atom is 0.180 e. The summed E-state index contributed by atoms with van der Waals surface area (Å²) in [7, 11) is -3.20. The maximum atomic E-state index is 12.0. The van der Waals surface area contributed by atoms with Crippen LogP contribution in [0.15, 0.2) is 29.2 Å². The second-order valence-electron chi connectivity index (χ2n) is 4.48. The predicted octanol–water partition coefficient (Wildman–Crippen LogP) is 0.880. The van der Waals surface area contributed by atoms with Gasteiger partial charge in [0.25, 0.3) is 0 Å². The number of nitrogens with one attached hydrogen (secondary N) is 2. The van der Waals surface area contributed by atoms with Gasteiger partial charge in [-0.3, -0.25) is 0 Å². The molecule has 0 radical (unpaired) electrons. The van der Waals surface area contributed by atoms with E-state index in [1.165, 1.54) is 0 Å². The van der Waals surface area contributed by atoms with Crippen LogP contribution in [0, 0.1) is 0 Å². The van der Waals surface area contributed by atoms with Crippen molar-refractivity contribution in [2.45, 2.75) is 17.9 Å². The molecule has 1 aliphatic rings. The summed E-state index contributed by atoms with van der Waals surface area (Å²) in [5.41, 5.74) is 0.651. The van der Waals surface area contributed by atoms with Gasteiger partial charge >= 0.3 is 0 Å². The van der Waals surface area contributed by atoms with Crippen LogP contribution >= 0.6 is 0 Å². The summed E-state index contributed by atoms with van der Waals surface area (Å²) in [6.45, 7) is 4.61. The van der Waals surface area contributed by atoms with Gasteiger partial charge in [0.15, 0.2) is 9.84 Å². The molecule has 2 rings (SSSR count). The average molecular weight is 284 g/mol. The van der Waals surface area contributed by atoms with Gasteiger partial charge in [-0.25, -0.2) is 8.42 Å². The fourth-order valence-corrected chi connectivity index (χ4v) is 3.09. The Morgan fingerprint density at radius 1 is 1.42 bits per heavy atom. The third-order valence-electron chi connectivity index (χ3n) is 3.13. The van der Waals surface area contributed by atoms with E-state index in [9.17, 15) is 8.42 Å². The Bertz CT molecular complexity index is 510. The number of sulfone groups is 1. The van der Waals surface area contributed by atoms with E-state index in [4.69, 9.17) is 4.74 Å². The highest BCUT2D eigenvalue weighted by atomic mass is 32.2. The van der Waals surface area contributed by atoms with Crippen LogP contribution in [0.3, 0.4) is 0 Å². The average Bonchev–Trinajstić information content (AvgIpc) is 2.46. The standard InChI is InChI=1S/C13H20N2O3S/c1-2-19(16,17)13-6-4-3-5-12(13)15-10-11-9-14-7-8-18-11/h3-6,11,14-15H,2,7-10H2,1H3. The molecular formula is C13H20N2O3S. The summed E-state index contributed by atoms with van der Waals surface area (Å²) in [5, 5.41) is 6.42. The molecule has 0 aromatic heterocycles. The quantitative estimate of drug-likeness (QED) is 0.840. The summed E-state index contributed by atoms with van der Waals surface area (Å²) >= 11 is 0. The molecule has 1 aromatic rings. The Balaban J connectivity index is 2.07. The lowest BCUT2D eigenvalue weighted by molar-refractivity contribution is 0.0372. The van der Waals surface area contributed by atoms with Crippen molar-refractivity contribution in [1.29, 1.82) is 0 Å². The van der Waals surface area contributed by atoms with Gasteiger partial charge in [-0.05, 0) is 12.1 Å². The van der Waals surface area contributed by atoms with Crippen LogP contribution in [0.5, 0.6) is 0 Å². The van der Waals surface area contributed by atoms with E-state index < -0.39 is 9.84 Å². The van der Waals surface area contributed by atoms with Gasteiger partial charge in [0.1, 0.15) is 0 Å². The number of ether oxygens (including phenoxy) is 1. The molecule has 0 saturated carbocycles. The number of hydrogen-bond donors (Lipinski definition) is 2. The minimum atomic E-state index is -3.20. The molecule has 5 nitrogen and oxygen atoms in total. The molecule has 106 valence electrons. The Hall–Kier alpha value is -1.11. The molecular weight excluding hydrogens is 264 g/mol. The first-order valence-corrected chi connectivity index (χ1v) is 8.16. The molecule has 0 aliphatic carbocycles. The van der Waals surface area contributed by atoms with Crippen LogP contribution in [0.4, 0.5) is 5.69 Å². The molecule has 1 aliphatic heterocycles. The number of anilines is 1. The number of rotatable bonds is 5. The van der Waals surface area contributed by atoms with E-state index in [1.807, 2.05) is 6.07 Å². The van der Waals surface area contributed by atoms with E-state index in [-0.39, 0.29) is 11.9 Å². The van der Waals surface area contributed by atoms with E-state index in [0.717, 1.165) is 13.1 Å². The van der Waals surface area contributed by atoms with Crippen molar-refractivity contribution in [2.24, 2.45) is 0 Å². The van der Waals surface area contributed by atoms with Crippen LogP contribution in [0.25, 0.3) is 0 Å². The predicted molar refractivity (Wildman–Crippen MR) is 75.3 cm³/mol. The zero-order valence-corrected chi connectivity index (χ0v) is 11.9. The molecule has 2 N–H and O–H groups in total. The maximum absolute atomic E-state index is 12.0. The summed E-state index contributed by atoms with van der Waals surface area (Å²) in [6.07, 6.45) is 0.0751. The van der Waals surface area contributed by atoms with Gasteiger partial charge in [0.05, 0.1) is 29.0 Å². The van der Waals surface area contributed by atoms with E-state index in [0.29, 0.717) is 23.7 Å². The van der Waals surface area contributed by atoms with Gasteiger partial charge in [-0.2, -0.15) is 0 Å². The van der Waals surface area contributed by atoms with E-state index in [1.54, 1.807) is 25.1 Å². The van der Waals surface area contributed by atoms with Crippen LogP contribution in [-0.2, 0) is 14.6 Å². The molecule has 1 saturated heterocycles. The molecule has 0 spiro atoms.